The predicted molar refractivity (Wildman–Crippen MR) is 102 cm³/mol. The van der Waals surface area contributed by atoms with Gasteiger partial charge in [0.1, 0.15) is 0 Å². The molecule has 3 aliphatic rings. The van der Waals surface area contributed by atoms with Crippen LogP contribution in [0.4, 0.5) is 5.69 Å². The Morgan fingerprint density at radius 2 is 1.76 bits per heavy atom. The molecule has 0 saturated carbocycles. The molecule has 1 saturated heterocycles. The number of benzene rings is 2. The molecule has 25 heavy (non-hydrogen) atoms. The quantitative estimate of drug-likeness (QED) is 0.822. The van der Waals surface area contributed by atoms with E-state index in [1.54, 1.807) is 0 Å². The molecule has 1 fully saturated rings. The summed E-state index contributed by atoms with van der Waals surface area (Å²) >= 11 is 0. The molecule has 3 aliphatic heterocycles. The second-order valence-corrected chi connectivity index (χ2v) is 7.34. The number of hydrogen-bond donors (Lipinski definition) is 0. The third-order valence-electron chi connectivity index (χ3n) is 5.88. The summed E-state index contributed by atoms with van der Waals surface area (Å²) < 4.78 is 0. The lowest BCUT2D eigenvalue weighted by Gasteiger charge is -2.40. The van der Waals surface area contributed by atoms with Crippen LogP contribution in [0, 0.1) is 5.92 Å². The zero-order valence-corrected chi connectivity index (χ0v) is 15.0. The van der Waals surface area contributed by atoms with Crippen molar-refractivity contribution in [3.8, 4) is 0 Å². The van der Waals surface area contributed by atoms with E-state index in [1.807, 2.05) is 0 Å². The lowest BCUT2D eigenvalue weighted by atomic mass is 9.80. The first kappa shape index (κ1) is 16.6. The fraction of sp³-hybridized carbons (Fsp3) is 0.381. The Hall–Kier alpha value is -1.84. The topological polar surface area (TPSA) is 23.6 Å². The van der Waals surface area contributed by atoms with Crippen LogP contribution in [0.5, 0.6) is 0 Å². The van der Waals surface area contributed by atoms with E-state index in [-0.39, 0.29) is 18.3 Å². The number of para-hydroxylation sites is 1. The van der Waals surface area contributed by atoms with Gasteiger partial charge in [-0.2, -0.15) is 0 Å². The van der Waals surface area contributed by atoms with Crippen molar-refractivity contribution in [2.45, 2.75) is 25.3 Å². The Morgan fingerprint density at radius 3 is 2.60 bits per heavy atom. The molecule has 3 nitrogen and oxygen atoms in total. The average molecular weight is 355 g/mol. The van der Waals surface area contributed by atoms with Crippen molar-refractivity contribution >= 4 is 24.0 Å². The maximum atomic E-state index is 13.1. The Morgan fingerprint density at radius 1 is 0.960 bits per heavy atom. The van der Waals surface area contributed by atoms with Gasteiger partial charge in [-0.1, -0.05) is 48.5 Å². The molecule has 1 amide bonds. The van der Waals surface area contributed by atoms with Gasteiger partial charge < -0.3 is 4.90 Å². The van der Waals surface area contributed by atoms with E-state index in [0.717, 1.165) is 39.0 Å². The van der Waals surface area contributed by atoms with E-state index in [1.165, 1.54) is 22.4 Å². The molecule has 0 bridgehead atoms. The van der Waals surface area contributed by atoms with Crippen LogP contribution < -0.4 is 4.90 Å². The molecule has 4 heteroatoms. The number of carbonyl (C=O) groups excluding carboxylic acids is 1. The minimum atomic E-state index is 0. The molecule has 0 aliphatic carbocycles. The average Bonchev–Trinajstić information content (AvgIpc) is 3.04. The van der Waals surface area contributed by atoms with E-state index < -0.39 is 0 Å². The fourth-order valence-electron chi connectivity index (χ4n) is 4.82. The molecule has 0 spiro atoms. The first-order valence-corrected chi connectivity index (χ1v) is 9.01. The highest BCUT2D eigenvalue weighted by atomic mass is 35.5. The Balaban J connectivity index is 0.00000157. The molecule has 0 aromatic heterocycles. The van der Waals surface area contributed by atoms with Gasteiger partial charge in [0, 0.05) is 32.1 Å². The molecule has 0 N–H and O–H groups in total. The number of halogens is 1. The third kappa shape index (κ3) is 2.66. The van der Waals surface area contributed by atoms with E-state index in [9.17, 15) is 4.79 Å². The molecule has 130 valence electrons. The van der Waals surface area contributed by atoms with Crippen LogP contribution in [-0.4, -0.2) is 30.4 Å². The minimum absolute atomic E-state index is 0. The molecule has 2 aromatic rings. The summed E-state index contributed by atoms with van der Waals surface area (Å²) in [4.78, 5) is 17.6. The minimum Gasteiger partial charge on any atom is -0.312 e. The largest absolute Gasteiger partial charge is 0.312 e. The summed E-state index contributed by atoms with van der Waals surface area (Å²) in [6, 6.07) is 17.2. The summed E-state index contributed by atoms with van der Waals surface area (Å²) in [6.45, 7) is 3.72. The summed E-state index contributed by atoms with van der Waals surface area (Å²) in [7, 11) is 0. The lowest BCUT2D eigenvalue weighted by Crippen LogP contribution is -2.45. The Labute approximate surface area is 155 Å². The summed E-state index contributed by atoms with van der Waals surface area (Å²) in [5, 5.41) is 0. The molecule has 3 heterocycles. The number of fused-ring (bicyclic) bond motifs is 2. The monoisotopic (exact) mass is 354 g/mol. The molecule has 0 unspecified atom stereocenters. The van der Waals surface area contributed by atoms with Gasteiger partial charge in [0.05, 0.1) is 11.6 Å². The van der Waals surface area contributed by atoms with E-state index in [0.29, 0.717) is 11.8 Å². The highest BCUT2D eigenvalue weighted by Gasteiger charge is 2.46. The highest BCUT2D eigenvalue weighted by Crippen LogP contribution is 2.46. The van der Waals surface area contributed by atoms with Crippen LogP contribution >= 0.6 is 12.4 Å². The Bertz CT molecular complexity index is 792. The van der Waals surface area contributed by atoms with Crippen LogP contribution in [0.25, 0.3) is 0 Å². The van der Waals surface area contributed by atoms with Gasteiger partial charge in [0.15, 0.2) is 0 Å². The van der Waals surface area contributed by atoms with Crippen LogP contribution in [0.15, 0.2) is 48.5 Å². The number of amides is 1. The normalized spacial score (nSPS) is 24.5. The fourth-order valence-corrected chi connectivity index (χ4v) is 4.82. The van der Waals surface area contributed by atoms with Gasteiger partial charge >= 0.3 is 0 Å². The Kier molecular flexibility index (Phi) is 4.30. The van der Waals surface area contributed by atoms with Crippen molar-refractivity contribution in [1.29, 1.82) is 0 Å². The van der Waals surface area contributed by atoms with Crippen LogP contribution in [0.2, 0.25) is 0 Å². The van der Waals surface area contributed by atoms with Gasteiger partial charge in [-0.05, 0) is 29.5 Å². The van der Waals surface area contributed by atoms with Gasteiger partial charge in [-0.25, -0.2) is 0 Å². The van der Waals surface area contributed by atoms with Gasteiger partial charge in [-0.15, -0.1) is 12.4 Å². The molecular formula is C21H23ClN2O. The molecule has 2 atom stereocenters. The maximum Gasteiger partial charge on any atom is 0.232 e. The smallest absolute Gasteiger partial charge is 0.232 e. The number of carbonyl (C=O) groups is 1. The van der Waals surface area contributed by atoms with Crippen LogP contribution in [0.1, 0.15) is 29.0 Å². The van der Waals surface area contributed by atoms with Crippen molar-refractivity contribution in [2.75, 3.05) is 24.5 Å². The summed E-state index contributed by atoms with van der Waals surface area (Å²) in [6.07, 6.45) is 2.20. The van der Waals surface area contributed by atoms with Crippen LogP contribution in [-0.2, 0) is 17.8 Å². The van der Waals surface area contributed by atoms with E-state index >= 15 is 0 Å². The lowest BCUT2D eigenvalue weighted by molar-refractivity contribution is -0.123. The first-order valence-electron chi connectivity index (χ1n) is 9.01. The number of anilines is 1. The van der Waals surface area contributed by atoms with E-state index in [2.05, 4.69) is 58.3 Å². The van der Waals surface area contributed by atoms with Crippen molar-refractivity contribution in [3.05, 3.63) is 65.2 Å². The summed E-state index contributed by atoms with van der Waals surface area (Å²) in [5.74, 6) is 0.857. The maximum absolute atomic E-state index is 13.1. The number of aryl methyl sites for hydroxylation is 1. The predicted octanol–water partition coefficient (Wildman–Crippen LogP) is 3.62. The number of nitrogens with zero attached hydrogens (tertiary/aromatic N) is 2. The van der Waals surface area contributed by atoms with Crippen LogP contribution in [0.3, 0.4) is 0 Å². The highest BCUT2D eigenvalue weighted by molar-refractivity contribution is 6.00. The summed E-state index contributed by atoms with van der Waals surface area (Å²) in [5.41, 5.74) is 5.36. The van der Waals surface area contributed by atoms with Gasteiger partial charge in [0.25, 0.3) is 0 Å². The zero-order chi connectivity index (χ0) is 16.1. The number of hydrogen-bond acceptors (Lipinski definition) is 2. The first-order chi connectivity index (χ1) is 11.8. The second-order valence-electron chi connectivity index (χ2n) is 7.34. The molecule has 5 rings (SSSR count). The molecular weight excluding hydrogens is 332 g/mol. The third-order valence-corrected chi connectivity index (χ3v) is 5.88. The van der Waals surface area contributed by atoms with Gasteiger partial charge in [0.2, 0.25) is 5.91 Å². The molecule has 0 radical (unpaired) electrons. The molecule has 2 aromatic carbocycles. The second kappa shape index (κ2) is 6.47. The number of likely N-dealkylation sites (tertiary alicyclic amines) is 1. The van der Waals surface area contributed by atoms with Crippen molar-refractivity contribution in [3.63, 3.8) is 0 Å². The van der Waals surface area contributed by atoms with Crippen molar-refractivity contribution in [2.24, 2.45) is 5.92 Å². The van der Waals surface area contributed by atoms with E-state index in [4.69, 9.17) is 0 Å². The standard InChI is InChI=1S/C21H22N2O.ClH/c24-21-19-14-22(12-15-6-2-1-3-7-15)13-18(19)17-10-4-8-16-9-5-11-23(21)20(16)17;/h1-4,6-8,10,18-19H,5,9,11-14H2;1H/t18-,19-;/m0./s1. The number of rotatable bonds is 2. The SMILES string of the molecule is Cl.O=C1[C@H]2CN(Cc3ccccc3)C[C@H]2c2cccc3c2N1CCC3. The zero-order valence-electron chi connectivity index (χ0n) is 14.2. The van der Waals surface area contributed by atoms with Crippen molar-refractivity contribution < 1.29 is 4.79 Å². The van der Waals surface area contributed by atoms with Crippen molar-refractivity contribution in [1.82, 2.24) is 4.90 Å². The van der Waals surface area contributed by atoms with Gasteiger partial charge in [-0.3, -0.25) is 9.69 Å².